The first-order chi connectivity index (χ1) is 10.5. The van der Waals surface area contributed by atoms with Crippen molar-refractivity contribution in [2.45, 2.75) is 58.9 Å². The molecule has 1 aliphatic heterocycles. The molecule has 0 radical (unpaired) electrons. The Morgan fingerprint density at radius 1 is 1.32 bits per heavy atom. The van der Waals surface area contributed by atoms with Gasteiger partial charge in [0.05, 0.1) is 13.1 Å². The molecule has 1 aliphatic rings. The number of hydroxylamine groups is 3. The van der Waals surface area contributed by atoms with Crippen molar-refractivity contribution in [1.29, 1.82) is 0 Å². The Morgan fingerprint density at radius 3 is 2.64 bits per heavy atom. The van der Waals surface area contributed by atoms with Crippen molar-refractivity contribution in [2.75, 3.05) is 18.4 Å². The van der Waals surface area contributed by atoms with Crippen LogP contribution < -0.4 is 5.32 Å². The third kappa shape index (κ3) is 3.68. The number of carbonyl (C=O) groups is 1. The lowest BCUT2D eigenvalue weighted by Gasteiger charge is -2.50. The number of likely N-dealkylation sites (tertiary alicyclic amines) is 1. The minimum Gasteiger partial charge on any atom is -0.632 e. The SMILES string of the molecule is CCCC[N+]1([O-])CCCCC1C(=O)Nc1c(C)cccc1C. The predicted molar refractivity (Wildman–Crippen MR) is 90.5 cm³/mol. The molecule has 1 fully saturated rings. The molecular formula is C18H28N2O2. The Hall–Kier alpha value is -1.39. The van der Waals surface area contributed by atoms with E-state index in [4.69, 9.17) is 0 Å². The van der Waals surface area contributed by atoms with Crippen LogP contribution in [0.1, 0.15) is 50.2 Å². The average molecular weight is 304 g/mol. The van der Waals surface area contributed by atoms with E-state index in [0.29, 0.717) is 19.5 Å². The molecule has 2 unspecified atom stereocenters. The van der Waals surface area contributed by atoms with Gasteiger partial charge in [-0.3, -0.25) is 4.79 Å². The number of hydrogen-bond acceptors (Lipinski definition) is 2. The maximum Gasteiger partial charge on any atom is 0.283 e. The highest BCUT2D eigenvalue weighted by atomic mass is 16.5. The number of quaternary nitrogens is 1. The number of unbranched alkanes of at least 4 members (excludes halogenated alkanes) is 1. The Bertz CT molecular complexity index is 510. The molecule has 1 saturated heterocycles. The molecule has 0 spiro atoms. The molecule has 0 saturated carbocycles. The average Bonchev–Trinajstić information content (AvgIpc) is 2.49. The lowest BCUT2D eigenvalue weighted by Crippen LogP contribution is -2.58. The fourth-order valence-corrected chi connectivity index (χ4v) is 3.36. The molecule has 0 aromatic heterocycles. The minimum atomic E-state index is -0.459. The lowest BCUT2D eigenvalue weighted by atomic mass is 9.99. The zero-order valence-electron chi connectivity index (χ0n) is 14.0. The first kappa shape index (κ1) is 17.0. The summed E-state index contributed by atoms with van der Waals surface area (Å²) in [4.78, 5) is 12.7. The second kappa shape index (κ2) is 7.25. The van der Waals surface area contributed by atoms with Gasteiger partial charge in [0, 0.05) is 12.1 Å². The van der Waals surface area contributed by atoms with E-state index in [9.17, 15) is 10.0 Å². The standard InChI is InChI=1S/C18H28N2O2/c1-4-5-12-20(22)13-7-6-11-16(20)18(21)19-17-14(2)9-8-10-15(17)3/h8-10,16H,4-7,11-13H2,1-3H3,(H,19,21). The van der Waals surface area contributed by atoms with Crippen LogP contribution in [0.3, 0.4) is 0 Å². The fraction of sp³-hybridized carbons (Fsp3) is 0.611. The molecule has 122 valence electrons. The highest BCUT2D eigenvalue weighted by Gasteiger charge is 2.37. The smallest absolute Gasteiger partial charge is 0.283 e. The molecular weight excluding hydrogens is 276 g/mol. The number of para-hydroxylation sites is 1. The highest BCUT2D eigenvalue weighted by molar-refractivity contribution is 5.95. The number of rotatable bonds is 5. The molecule has 22 heavy (non-hydrogen) atoms. The van der Waals surface area contributed by atoms with Gasteiger partial charge in [0.2, 0.25) is 0 Å². The van der Waals surface area contributed by atoms with Crippen LogP contribution in [0.5, 0.6) is 0 Å². The van der Waals surface area contributed by atoms with Gasteiger partial charge in [0.25, 0.3) is 5.91 Å². The van der Waals surface area contributed by atoms with Gasteiger partial charge in [-0.05, 0) is 44.2 Å². The van der Waals surface area contributed by atoms with Crippen LogP contribution in [-0.2, 0) is 4.79 Å². The van der Waals surface area contributed by atoms with Gasteiger partial charge >= 0.3 is 0 Å². The number of nitrogens with zero attached hydrogens (tertiary/aromatic N) is 1. The van der Waals surface area contributed by atoms with Crippen LogP contribution >= 0.6 is 0 Å². The highest BCUT2D eigenvalue weighted by Crippen LogP contribution is 2.28. The number of benzene rings is 1. The lowest BCUT2D eigenvalue weighted by molar-refractivity contribution is -0.901. The molecule has 1 N–H and O–H groups in total. The van der Waals surface area contributed by atoms with E-state index in [1.54, 1.807) is 0 Å². The van der Waals surface area contributed by atoms with Crippen LogP contribution in [-0.4, -0.2) is 29.7 Å². The van der Waals surface area contributed by atoms with Crippen molar-refractivity contribution in [1.82, 2.24) is 0 Å². The number of aryl methyl sites for hydroxylation is 2. The van der Waals surface area contributed by atoms with Crippen LogP contribution in [0.25, 0.3) is 0 Å². The summed E-state index contributed by atoms with van der Waals surface area (Å²) in [7, 11) is 0. The third-order valence-electron chi connectivity index (χ3n) is 4.75. The number of amides is 1. The Morgan fingerprint density at radius 2 is 2.00 bits per heavy atom. The van der Waals surface area contributed by atoms with Crippen molar-refractivity contribution < 1.29 is 9.44 Å². The Balaban J connectivity index is 2.15. The van der Waals surface area contributed by atoms with Crippen LogP contribution in [0.15, 0.2) is 18.2 Å². The van der Waals surface area contributed by atoms with Gasteiger partial charge in [-0.2, -0.15) is 0 Å². The Labute approximate surface area is 133 Å². The van der Waals surface area contributed by atoms with Crippen molar-refractivity contribution in [3.05, 3.63) is 34.5 Å². The molecule has 1 aromatic rings. The predicted octanol–water partition coefficient (Wildman–Crippen LogP) is 3.91. The number of carbonyl (C=O) groups excluding carboxylic acids is 1. The van der Waals surface area contributed by atoms with Gasteiger partial charge < -0.3 is 15.2 Å². The van der Waals surface area contributed by atoms with Gasteiger partial charge in [-0.25, -0.2) is 0 Å². The summed E-state index contributed by atoms with van der Waals surface area (Å²) < 4.78 is -0.343. The number of anilines is 1. The second-order valence-corrected chi connectivity index (χ2v) is 6.52. The third-order valence-corrected chi connectivity index (χ3v) is 4.75. The molecule has 1 heterocycles. The fourth-order valence-electron chi connectivity index (χ4n) is 3.36. The first-order valence-corrected chi connectivity index (χ1v) is 8.43. The Kier molecular flexibility index (Phi) is 5.59. The van der Waals surface area contributed by atoms with Gasteiger partial charge in [-0.15, -0.1) is 0 Å². The normalized spacial score (nSPS) is 25.0. The number of nitrogens with one attached hydrogen (secondary N) is 1. The molecule has 1 aromatic carbocycles. The van der Waals surface area contributed by atoms with Crippen molar-refractivity contribution in [3.8, 4) is 0 Å². The van der Waals surface area contributed by atoms with Crippen molar-refractivity contribution >= 4 is 11.6 Å². The van der Waals surface area contributed by atoms with Crippen LogP contribution in [0.2, 0.25) is 0 Å². The summed E-state index contributed by atoms with van der Waals surface area (Å²) in [5.41, 5.74) is 2.95. The van der Waals surface area contributed by atoms with Crippen molar-refractivity contribution in [2.24, 2.45) is 0 Å². The number of hydrogen-bond donors (Lipinski definition) is 1. The van der Waals surface area contributed by atoms with E-state index in [1.807, 2.05) is 32.0 Å². The summed E-state index contributed by atoms with van der Waals surface area (Å²) in [5, 5.41) is 16.1. The van der Waals surface area contributed by atoms with E-state index >= 15 is 0 Å². The molecule has 4 nitrogen and oxygen atoms in total. The largest absolute Gasteiger partial charge is 0.632 e. The molecule has 0 aliphatic carbocycles. The molecule has 2 atom stereocenters. The topological polar surface area (TPSA) is 52.2 Å². The van der Waals surface area contributed by atoms with Gasteiger partial charge in [0.1, 0.15) is 0 Å². The maximum atomic E-state index is 13.1. The second-order valence-electron chi connectivity index (χ2n) is 6.52. The van der Waals surface area contributed by atoms with E-state index in [0.717, 1.165) is 42.5 Å². The quantitative estimate of drug-likeness (QED) is 0.662. The molecule has 1 amide bonds. The van der Waals surface area contributed by atoms with E-state index in [-0.39, 0.29) is 10.6 Å². The monoisotopic (exact) mass is 304 g/mol. The summed E-state index contributed by atoms with van der Waals surface area (Å²) >= 11 is 0. The van der Waals surface area contributed by atoms with E-state index in [1.165, 1.54) is 0 Å². The first-order valence-electron chi connectivity index (χ1n) is 8.43. The van der Waals surface area contributed by atoms with E-state index < -0.39 is 6.04 Å². The molecule has 0 bridgehead atoms. The minimum absolute atomic E-state index is 0.108. The number of piperidine rings is 1. The van der Waals surface area contributed by atoms with Crippen LogP contribution in [0.4, 0.5) is 5.69 Å². The van der Waals surface area contributed by atoms with Crippen LogP contribution in [0, 0.1) is 19.1 Å². The zero-order valence-corrected chi connectivity index (χ0v) is 14.0. The zero-order chi connectivity index (χ0) is 16.2. The maximum absolute atomic E-state index is 13.1. The molecule has 4 heteroatoms. The summed E-state index contributed by atoms with van der Waals surface area (Å²) in [5.74, 6) is -0.108. The van der Waals surface area contributed by atoms with Crippen molar-refractivity contribution in [3.63, 3.8) is 0 Å². The van der Waals surface area contributed by atoms with Gasteiger partial charge in [0.15, 0.2) is 6.04 Å². The van der Waals surface area contributed by atoms with Gasteiger partial charge in [-0.1, -0.05) is 31.5 Å². The van der Waals surface area contributed by atoms with E-state index in [2.05, 4.69) is 12.2 Å². The molecule has 2 rings (SSSR count). The summed E-state index contributed by atoms with van der Waals surface area (Å²) in [6, 6.07) is 5.50. The summed E-state index contributed by atoms with van der Waals surface area (Å²) in [6.07, 6.45) is 4.48. The summed E-state index contributed by atoms with van der Waals surface area (Å²) in [6.45, 7) is 7.19.